The minimum atomic E-state index is 0. The highest BCUT2D eigenvalue weighted by Crippen LogP contribution is 2.32. The Morgan fingerprint density at radius 1 is 0.964 bits per heavy atom. The molecule has 0 saturated carbocycles. The van der Waals surface area contributed by atoms with Gasteiger partial charge >= 0.3 is 0 Å². The Labute approximate surface area is 170 Å². The van der Waals surface area contributed by atoms with E-state index >= 15 is 0 Å². The number of phenols is 1. The lowest BCUT2D eigenvalue weighted by molar-refractivity contribution is 0.475. The smallest absolute Gasteiger partial charge is 0.117 e. The minimum Gasteiger partial charge on any atom is -0.508 e. The van der Waals surface area contributed by atoms with Gasteiger partial charge in [0.25, 0.3) is 0 Å². The largest absolute Gasteiger partial charge is 0.508 e. The van der Waals surface area contributed by atoms with Crippen LogP contribution in [0.2, 0.25) is 5.02 Å². The first-order chi connectivity index (χ1) is 13.1. The predicted molar refractivity (Wildman–Crippen MR) is 119 cm³/mol. The second kappa shape index (κ2) is 8.32. The Bertz CT molecular complexity index is 1120. The zero-order valence-electron chi connectivity index (χ0n) is 14.9. The van der Waals surface area contributed by atoms with Crippen molar-refractivity contribution in [3.05, 3.63) is 88.9 Å². The van der Waals surface area contributed by atoms with Gasteiger partial charge in [0.2, 0.25) is 0 Å². The third-order valence-corrected chi connectivity index (χ3v) is 4.91. The van der Waals surface area contributed by atoms with E-state index in [4.69, 9.17) is 16.6 Å². The van der Waals surface area contributed by atoms with Crippen LogP contribution in [0.1, 0.15) is 18.6 Å². The highest BCUT2D eigenvalue weighted by atomic mass is 35.5. The van der Waals surface area contributed by atoms with Gasteiger partial charge in [-0.2, -0.15) is 0 Å². The number of aromatic nitrogens is 1. The lowest BCUT2D eigenvalue weighted by Gasteiger charge is -2.15. The van der Waals surface area contributed by atoms with Gasteiger partial charge in [0, 0.05) is 34.3 Å². The van der Waals surface area contributed by atoms with Crippen LogP contribution in [0.15, 0.2) is 72.8 Å². The number of benzene rings is 3. The number of anilines is 1. The van der Waals surface area contributed by atoms with Crippen LogP contribution in [0.4, 0.5) is 5.69 Å². The van der Waals surface area contributed by atoms with Crippen LogP contribution < -0.4 is 5.32 Å². The van der Waals surface area contributed by atoms with Gasteiger partial charge < -0.3 is 10.4 Å². The van der Waals surface area contributed by atoms with Crippen LogP contribution in [0.3, 0.4) is 0 Å². The summed E-state index contributed by atoms with van der Waals surface area (Å²) in [5.74, 6) is 0.235. The van der Waals surface area contributed by atoms with Gasteiger partial charge in [0.1, 0.15) is 5.75 Å². The third-order valence-electron chi connectivity index (χ3n) is 4.58. The fourth-order valence-corrected chi connectivity index (χ4v) is 3.45. The van der Waals surface area contributed by atoms with Crippen LogP contribution in [0.5, 0.6) is 5.75 Å². The second-order valence-corrected chi connectivity index (χ2v) is 6.93. The summed E-state index contributed by atoms with van der Waals surface area (Å²) in [4.78, 5) is 4.96. The molecule has 4 heteroatoms. The van der Waals surface area contributed by atoms with Gasteiger partial charge in [-0.3, -0.25) is 0 Å². The summed E-state index contributed by atoms with van der Waals surface area (Å²) in [5, 5.41) is 14.8. The first-order valence-electron chi connectivity index (χ1n) is 8.79. The van der Waals surface area contributed by atoms with E-state index in [-0.39, 0.29) is 13.2 Å². The number of phenolic OH excluding ortho intramolecular Hbond substituents is 1. The van der Waals surface area contributed by atoms with Crippen LogP contribution in [0, 0.1) is 6.92 Å². The summed E-state index contributed by atoms with van der Waals surface area (Å²) < 4.78 is 0. The van der Waals surface area contributed by atoms with E-state index in [1.807, 2.05) is 42.5 Å². The molecule has 4 aromatic rings. The number of aromatic hydroxyl groups is 1. The number of fused-ring (bicyclic) bond motifs is 1. The van der Waals surface area contributed by atoms with Crippen molar-refractivity contribution >= 4 is 28.2 Å². The highest BCUT2D eigenvalue weighted by Gasteiger charge is 2.13. The molecular weight excluding hydrogens is 368 g/mol. The Hall–Kier alpha value is -3.04. The van der Waals surface area contributed by atoms with Crippen molar-refractivity contribution in [3.8, 4) is 17.0 Å². The molecule has 0 aliphatic rings. The maximum atomic E-state index is 9.68. The molecule has 0 spiro atoms. The number of para-hydroxylation sites is 1. The molecule has 0 atom stereocenters. The molecule has 142 valence electrons. The van der Waals surface area contributed by atoms with E-state index in [1.54, 1.807) is 12.1 Å². The van der Waals surface area contributed by atoms with E-state index in [2.05, 4.69) is 30.4 Å². The first kappa shape index (κ1) is 19.7. The zero-order chi connectivity index (χ0) is 18.8. The molecule has 0 aliphatic heterocycles. The average molecular weight is 391 g/mol. The van der Waals surface area contributed by atoms with Crippen molar-refractivity contribution in [1.29, 1.82) is 0 Å². The number of rotatable bonds is 4. The zero-order valence-corrected chi connectivity index (χ0v) is 15.7. The van der Waals surface area contributed by atoms with Crippen LogP contribution in [-0.2, 0) is 6.54 Å². The number of nitrogens with zero attached hydrogens (tertiary/aromatic N) is 1. The number of halogens is 1. The van der Waals surface area contributed by atoms with E-state index in [0.29, 0.717) is 11.6 Å². The molecule has 2 N–H and O–H groups in total. The molecule has 0 unspecified atom stereocenters. The molecule has 0 aliphatic carbocycles. The monoisotopic (exact) mass is 390 g/mol. The van der Waals surface area contributed by atoms with Crippen LogP contribution >= 0.6 is 11.6 Å². The Morgan fingerprint density at radius 3 is 2.54 bits per heavy atom. The minimum absolute atomic E-state index is 0. The Balaban J connectivity index is 0.00000225. The molecule has 4 rings (SSSR count). The van der Waals surface area contributed by atoms with Gasteiger partial charge in [-0.05, 0) is 42.3 Å². The van der Waals surface area contributed by atoms with Gasteiger partial charge in [0.15, 0.2) is 0 Å². The molecule has 0 radical (unpaired) electrons. The molecule has 1 aromatic heterocycles. The van der Waals surface area contributed by atoms with Crippen molar-refractivity contribution in [2.75, 3.05) is 5.32 Å². The SMILES string of the molecule is C.Cc1cccc2cc(CNc3cccc(O)c3)c(-c3ccccc3Cl)nc12. The van der Waals surface area contributed by atoms with E-state index in [0.717, 1.165) is 39.0 Å². The van der Waals surface area contributed by atoms with Crippen molar-refractivity contribution < 1.29 is 5.11 Å². The lowest BCUT2D eigenvalue weighted by Crippen LogP contribution is -2.03. The number of hydrogen-bond donors (Lipinski definition) is 2. The van der Waals surface area contributed by atoms with Crippen molar-refractivity contribution in [2.24, 2.45) is 0 Å². The topological polar surface area (TPSA) is 45.1 Å². The Kier molecular flexibility index (Phi) is 5.86. The fourth-order valence-electron chi connectivity index (χ4n) is 3.22. The summed E-state index contributed by atoms with van der Waals surface area (Å²) in [6.07, 6.45) is 0. The quantitative estimate of drug-likeness (QED) is 0.402. The summed E-state index contributed by atoms with van der Waals surface area (Å²) in [6.45, 7) is 2.64. The summed E-state index contributed by atoms with van der Waals surface area (Å²) in [6, 6.07) is 23.2. The van der Waals surface area contributed by atoms with Crippen LogP contribution in [-0.4, -0.2) is 10.1 Å². The molecule has 0 saturated heterocycles. The van der Waals surface area contributed by atoms with E-state index < -0.39 is 0 Å². The maximum absolute atomic E-state index is 9.68. The van der Waals surface area contributed by atoms with Gasteiger partial charge in [0.05, 0.1) is 11.2 Å². The molecule has 0 fully saturated rings. The number of nitrogens with one attached hydrogen (secondary N) is 1. The van der Waals surface area contributed by atoms with Gasteiger partial charge in [-0.25, -0.2) is 4.98 Å². The van der Waals surface area contributed by atoms with Crippen molar-refractivity contribution in [1.82, 2.24) is 4.98 Å². The van der Waals surface area contributed by atoms with Gasteiger partial charge in [-0.15, -0.1) is 0 Å². The van der Waals surface area contributed by atoms with Crippen molar-refractivity contribution in [2.45, 2.75) is 20.9 Å². The average Bonchev–Trinajstić information content (AvgIpc) is 2.67. The summed E-state index contributed by atoms with van der Waals surface area (Å²) >= 11 is 6.47. The molecular formula is C24H23ClN2O. The highest BCUT2D eigenvalue weighted by molar-refractivity contribution is 6.33. The molecule has 0 bridgehead atoms. The predicted octanol–water partition coefficient (Wildman–Crippen LogP) is 6.82. The maximum Gasteiger partial charge on any atom is 0.117 e. The standard InChI is InChI=1S/C23H19ClN2O.CH4/c1-15-6-4-7-16-12-17(14-25-18-8-5-9-19(27)13-18)23(26-22(15)16)20-10-2-3-11-21(20)24;/h2-13,25,27H,14H2,1H3;1H4. The third kappa shape index (κ3) is 3.95. The normalized spacial score (nSPS) is 10.5. The number of pyridine rings is 1. The Morgan fingerprint density at radius 2 is 1.75 bits per heavy atom. The van der Waals surface area contributed by atoms with Crippen LogP contribution in [0.25, 0.3) is 22.2 Å². The molecule has 0 amide bonds. The summed E-state index contributed by atoms with van der Waals surface area (Å²) in [7, 11) is 0. The first-order valence-corrected chi connectivity index (χ1v) is 9.16. The number of hydrogen-bond acceptors (Lipinski definition) is 3. The number of aryl methyl sites for hydroxylation is 1. The molecule has 1 heterocycles. The van der Waals surface area contributed by atoms with Gasteiger partial charge in [-0.1, -0.05) is 61.5 Å². The molecule has 3 nitrogen and oxygen atoms in total. The second-order valence-electron chi connectivity index (χ2n) is 6.53. The van der Waals surface area contributed by atoms with E-state index in [9.17, 15) is 5.11 Å². The lowest BCUT2D eigenvalue weighted by atomic mass is 10.0. The molecule has 28 heavy (non-hydrogen) atoms. The molecule has 3 aromatic carbocycles. The van der Waals surface area contributed by atoms with E-state index in [1.165, 1.54) is 0 Å². The fraction of sp³-hybridized carbons (Fsp3) is 0.125. The van der Waals surface area contributed by atoms with Crippen molar-refractivity contribution in [3.63, 3.8) is 0 Å². The summed E-state index contributed by atoms with van der Waals surface area (Å²) in [5.41, 5.74) is 5.79.